The number of benzene rings is 1. The number of furan rings is 1. The Bertz CT molecular complexity index is 901. The van der Waals surface area contributed by atoms with Crippen molar-refractivity contribution in [1.82, 2.24) is 15.3 Å². The summed E-state index contributed by atoms with van der Waals surface area (Å²) in [5.41, 5.74) is 2.25. The lowest BCUT2D eigenvalue weighted by Crippen LogP contribution is -2.57. The van der Waals surface area contributed by atoms with Gasteiger partial charge in [0.15, 0.2) is 11.6 Å². The third kappa shape index (κ3) is 4.08. The first kappa shape index (κ1) is 20.4. The van der Waals surface area contributed by atoms with E-state index in [1.54, 1.807) is 19.6 Å². The molecule has 1 aliphatic rings. The molecule has 0 spiro atoms. The van der Waals surface area contributed by atoms with E-state index in [4.69, 9.17) is 9.15 Å². The van der Waals surface area contributed by atoms with Gasteiger partial charge in [-0.05, 0) is 37.8 Å². The van der Waals surface area contributed by atoms with E-state index >= 15 is 0 Å². The van der Waals surface area contributed by atoms with Crippen molar-refractivity contribution in [2.45, 2.75) is 38.3 Å². The number of aryl methyl sites for hydroxylation is 1. The fourth-order valence-corrected chi connectivity index (χ4v) is 4.05. The Morgan fingerprint density at radius 1 is 1.32 bits per heavy atom. The van der Waals surface area contributed by atoms with E-state index in [-0.39, 0.29) is 12.4 Å². The number of aromatic nitrogens is 2. The van der Waals surface area contributed by atoms with Crippen molar-refractivity contribution >= 4 is 29.2 Å². The van der Waals surface area contributed by atoms with Gasteiger partial charge < -0.3 is 19.4 Å². The molecule has 2 atom stereocenters. The number of fused-ring (bicyclic) bond motifs is 1. The van der Waals surface area contributed by atoms with Gasteiger partial charge in [-0.1, -0.05) is 18.2 Å². The zero-order valence-corrected chi connectivity index (χ0v) is 17.1. The molecule has 0 amide bonds. The highest BCUT2D eigenvalue weighted by Crippen LogP contribution is 2.30. The fourth-order valence-electron chi connectivity index (χ4n) is 4.05. The lowest BCUT2D eigenvalue weighted by Gasteiger charge is -2.41. The van der Waals surface area contributed by atoms with Gasteiger partial charge in [0, 0.05) is 30.6 Å². The molecule has 0 saturated carbocycles. The van der Waals surface area contributed by atoms with Crippen molar-refractivity contribution in [3.05, 3.63) is 48.6 Å². The Balaban J connectivity index is 0.00000225. The molecule has 7 heteroatoms. The maximum absolute atomic E-state index is 5.68. The number of ether oxygens (including phenoxy) is 1. The number of halogens is 1. The number of nitrogens with zero attached hydrogens (tertiary/aromatic N) is 3. The predicted octanol–water partition coefficient (Wildman–Crippen LogP) is 3.84. The zero-order valence-electron chi connectivity index (χ0n) is 16.3. The number of piperazine rings is 1. The van der Waals surface area contributed by atoms with Crippen molar-refractivity contribution < 1.29 is 9.15 Å². The number of nitrogens with one attached hydrogen (secondary N) is 1. The van der Waals surface area contributed by atoms with Crippen LogP contribution < -0.4 is 15.0 Å². The standard InChI is InChI=1S/C21H26N4O2.ClH/c1-15-18(8-5-6-16-13-27-19-9-4-3-7-17(16)19)25(11-10-23-15)21-20(26-2)12-22-14-24-21;/h3-4,7,9,12-15,18,23H,5-6,8,10-11H2,1-2H3;1H. The largest absolute Gasteiger partial charge is 0.491 e. The summed E-state index contributed by atoms with van der Waals surface area (Å²) in [6.45, 7) is 4.10. The number of methoxy groups -OCH3 is 1. The van der Waals surface area contributed by atoms with Crippen LogP contribution in [0.1, 0.15) is 25.3 Å². The molecule has 3 heterocycles. The summed E-state index contributed by atoms with van der Waals surface area (Å²) in [4.78, 5) is 11.0. The van der Waals surface area contributed by atoms with Gasteiger partial charge in [0.2, 0.25) is 0 Å². The molecule has 2 aromatic heterocycles. The van der Waals surface area contributed by atoms with Gasteiger partial charge in [-0.15, -0.1) is 12.4 Å². The smallest absolute Gasteiger partial charge is 0.179 e. The minimum Gasteiger partial charge on any atom is -0.491 e. The van der Waals surface area contributed by atoms with Crippen molar-refractivity contribution in [2.24, 2.45) is 0 Å². The Morgan fingerprint density at radius 2 is 2.18 bits per heavy atom. The van der Waals surface area contributed by atoms with Gasteiger partial charge in [-0.3, -0.25) is 0 Å². The van der Waals surface area contributed by atoms with Crippen molar-refractivity contribution in [3.8, 4) is 5.75 Å². The monoisotopic (exact) mass is 402 g/mol. The van der Waals surface area contributed by atoms with E-state index in [1.807, 2.05) is 18.4 Å². The lowest BCUT2D eigenvalue weighted by atomic mass is 9.97. The molecule has 150 valence electrons. The molecular formula is C21H27ClN4O2. The van der Waals surface area contributed by atoms with Crippen LogP contribution in [0.2, 0.25) is 0 Å². The van der Waals surface area contributed by atoms with Crippen LogP contribution in [0, 0.1) is 0 Å². The SMILES string of the molecule is COc1cncnc1N1CCNC(C)C1CCCc1coc2ccccc12.Cl. The predicted molar refractivity (Wildman–Crippen MR) is 114 cm³/mol. The average Bonchev–Trinajstić information content (AvgIpc) is 3.12. The molecule has 0 radical (unpaired) electrons. The van der Waals surface area contributed by atoms with Crippen molar-refractivity contribution in [1.29, 1.82) is 0 Å². The molecule has 1 fully saturated rings. The Hall–Kier alpha value is -2.31. The third-order valence-corrected chi connectivity index (χ3v) is 5.45. The summed E-state index contributed by atoms with van der Waals surface area (Å²) in [7, 11) is 1.67. The van der Waals surface area contributed by atoms with Crippen LogP contribution in [0.4, 0.5) is 5.82 Å². The van der Waals surface area contributed by atoms with Crippen LogP contribution in [0.3, 0.4) is 0 Å². The minimum atomic E-state index is 0. The first-order valence-corrected chi connectivity index (χ1v) is 9.57. The third-order valence-electron chi connectivity index (χ3n) is 5.45. The number of hydrogen-bond acceptors (Lipinski definition) is 6. The second kappa shape index (κ2) is 9.26. The molecule has 28 heavy (non-hydrogen) atoms. The molecule has 1 aliphatic heterocycles. The van der Waals surface area contributed by atoms with Crippen molar-refractivity contribution in [2.75, 3.05) is 25.1 Å². The highest BCUT2D eigenvalue weighted by atomic mass is 35.5. The summed E-state index contributed by atoms with van der Waals surface area (Å²) in [5, 5.41) is 4.82. The number of para-hydroxylation sites is 1. The summed E-state index contributed by atoms with van der Waals surface area (Å²) in [5.74, 6) is 1.62. The number of anilines is 1. The second-order valence-corrected chi connectivity index (χ2v) is 7.07. The Kier molecular flexibility index (Phi) is 6.75. The van der Waals surface area contributed by atoms with Crippen LogP contribution in [-0.2, 0) is 6.42 Å². The van der Waals surface area contributed by atoms with E-state index in [2.05, 4.69) is 39.2 Å². The maximum atomic E-state index is 5.68. The van der Waals surface area contributed by atoms with E-state index < -0.39 is 0 Å². The Morgan fingerprint density at radius 3 is 3.04 bits per heavy atom. The maximum Gasteiger partial charge on any atom is 0.179 e. The lowest BCUT2D eigenvalue weighted by molar-refractivity contribution is 0.352. The molecule has 2 unspecified atom stereocenters. The molecule has 0 aliphatic carbocycles. The van der Waals surface area contributed by atoms with Gasteiger partial charge >= 0.3 is 0 Å². The van der Waals surface area contributed by atoms with Crippen LogP contribution in [0.5, 0.6) is 5.75 Å². The van der Waals surface area contributed by atoms with E-state index in [1.165, 1.54) is 10.9 Å². The van der Waals surface area contributed by atoms with Gasteiger partial charge in [0.05, 0.1) is 19.6 Å². The molecule has 3 aromatic rings. The summed E-state index contributed by atoms with van der Waals surface area (Å²) >= 11 is 0. The molecule has 1 N–H and O–H groups in total. The van der Waals surface area contributed by atoms with Crippen molar-refractivity contribution in [3.63, 3.8) is 0 Å². The average molecular weight is 403 g/mol. The first-order chi connectivity index (χ1) is 13.3. The molecule has 6 nitrogen and oxygen atoms in total. The second-order valence-electron chi connectivity index (χ2n) is 7.07. The van der Waals surface area contributed by atoms with Gasteiger partial charge in [0.25, 0.3) is 0 Å². The van der Waals surface area contributed by atoms with E-state index in [0.29, 0.717) is 12.1 Å². The number of rotatable bonds is 6. The van der Waals surface area contributed by atoms with Crippen LogP contribution in [0.15, 0.2) is 47.5 Å². The quantitative estimate of drug-likeness (QED) is 0.675. The summed E-state index contributed by atoms with van der Waals surface area (Å²) in [6.07, 6.45) is 8.40. The Labute approximate surface area is 171 Å². The van der Waals surface area contributed by atoms with Gasteiger partial charge in [-0.25, -0.2) is 9.97 Å². The minimum absolute atomic E-state index is 0. The molecular weight excluding hydrogens is 376 g/mol. The van der Waals surface area contributed by atoms with Gasteiger partial charge in [-0.2, -0.15) is 0 Å². The van der Waals surface area contributed by atoms with Crippen LogP contribution in [0.25, 0.3) is 11.0 Å². The van der Waals surface area contributed by atoms with E-state index in [9.17, 15) is 0 Å². The van der Waals surface area contributed by atoms with E-state index in [0.717, 1.165) is 49.5 Å². The first-order valence-electron chi connectivity index (χ1n) is 9.57. The molecule has 4 rings (SSSR count). The topological polar surface area (TPSA) is 63.4 Å². The van der Waals surface area contributed by atoms with Crippen LogP contribution >= 0.6 is 12.4 Å². The normalized spacial score (nSPS) is 19.4. The zero-order chi connectivity index (χ0) is 18.6. The fraction of sp³-hybridized carbons (Fsp3) is 0.429. The summed E-state index contributed by atoms with van der Waals surface area (Å²) < 4.78 is 11.2. The molecule has 1 aromatic carbocycles. The highest BCUT2D eigenvalue weighted by molar-refractivity contribution is 5.85. The highest BCUT2D eigenvalue weighted by Gasteiger charge is 2.30. The molecule has 1 saturated heterocycles. The van der Waals surface area contributed by atoms with Crippen LogP contribution in [-0.4, -0.2) is 42.3 Å². The summed E-state index contributed by atoms with van der Waals surface area (Å²) in [6, 6.07) is 8.99. The molecule has 0 bridgehead atoms. The van der Waals surface area contributed by atoms with Gasteiger partial charge in [0.1, 0.15) is 11.9 Å². The number of hydrogen-bond donors (Lipinski definition) is 1.